The molecule has 3 heteroatoms. The van der Waals surface area contributed by atoms with Crippen molar-refractivity contribution in [2.24, 2.45) is 0 Å². The Balaban J connectivity index is 2.10. The van der Waals surface area contributed by atoms with Gasteiger partial charge in [0, 0.05) is 11.8 Å². The summed E-state index contributed by atoms with van der Waals surface area (Å²) in [6.45, 7) is 4.03. The third-order valence-electron chi connectivity index (χ3n) is 3.29. The van der Waals surface area contributed by atoms with E-state index in [1.165, 1.54) is 18.2 Å². The number of aryl methyl sites for hydroxylation is 2. The summed E-state index contributed by atoms with van der Waals surface area (Å²) >= 11 is 0. The van der Waals surface area contributed by atoms with Crippen LogP contribution in [0.1, 0.15) is 23.6 Å². The highest BCUT2D eigenvalue weighted by Crippen LogP contribution is 2.21. The molecule has 0 aromatic heterocycles. The quantitative estimate of drug-likeness (QED) is 0.830. The first-order valence-electron chi connectivity index (χ1n) is 6.93. The Labute approximate surface area is 124 Å². The van der Waals surface area contributed by atoms with Gasteiger partial charge in [0.1, 0.15) is 5.82 Å². The van der Waals surface area contributed by atoms with Crippen LogP contribution in [0.5, 0.6) is 0 Å². The van der Waals surface area contributed by atoms with Crippen LogP contribution < -0.4 is 5.32 Å². The number of nitrogens with one attached hydrogen (secondary N) is 1. The van der Waals surface area contributed by atoms with E-state index < -0.39 is 0 Å². The maximum Gasteiger partial charge on any atom is 0.248 e. The normalized spacial score (nSPS) is 10.8. The molecule has 0 aliphatic rings. The number of carbonyl (C=O) groups is 1. The number of anilines is 1. The lowest BCUT2D eigenvalue weighted by Crippen LogP contribution is -2.11. The maximum atomic E-state index is 12.8. The first-order chi connectivity index (χ1) is 10.1. The van der Waals surface area contributed by atoms with Gasteiger partial charge in [0.25, 0.3) is 0 Å². The molecule has 2 aromatic rings. The first-order valence-corrected chi connectivity index (χ1v) is 6.93. The molecular weight excluding hydrogens is 265 g/mol. The summed E-state index contributed by atoms with van der Waals surface area (Å²) in [7, 11) is 0. The van der Waals surface area contributed by atoms with E-state index in [-0.39, 0.29) is 11.7 Å². The van der Waals surface area contributed by atoms with Gasteiger partial charge in [-0.05, 0) is 48.2 Å². The van der Waals surface area contributed by atoms with Gasteiger partial charge < -0.3 is 5.32 Å². The van der Waals surface area contributed by atoms with Crippen LogP contribution in [0.3, 0.4) is 0 Å². The van der Waals surface area contributed by atoms with E-state index in [0.717, 1.165) is 28.8 Å². The number of hydrogen-bond acceptors (Lipinski definition) is 1. The second kappa shape index (κ2) is 6.84. The average Bonchev–Trinajstić information content (AvgIpc) is 2.49. The predicted molar refractivity (Wildman–Crippen MR) is 84.6 cm³/mol. The molecule has 2 nitrogen and oxygen atoms in total. The Hall–Kier alpha value is -2.42. The molecule has 0 heterocycles. The molecule has 0 fully saturated rings. The molecule has 0 aliphatic heterocycles. The fourth-order valence-electron chi connectivity index (χ4n) is 2.11. The second-order valence-electron chi connectivity index (χ2n) is 4.84. The highest BCUT2D eigenvalue weighted by atomic mass is 19.1. The van der Waals surface area contributed by atoms with E-state index in [9.17, 15) is 9.18 Å². The summed E-state index contributed by atoms with van der Waals surface area (Å²) in [5.74, 6) is -0.479. The van der Waals surface area contributed by atoms with Crippen LogP contribution in [0.4, 0.5) is 10.1 Å². The monoisotopic (exact) mass is 283 g/mol. The fraction of sp³-hybridized carbons (Fsp3) is 0.167. The van der Waals surface area contributed by atoms with Crippen LogP contribution in [0.15, 0.2) is 48.5 Å². The van der Waals surface area contributed by atoms with Gasteiger partial charge in [-0.3, -0.25) is 4.79 Å². The Morgan fingerprint density at radius 1 is 1.19 bits per heavy atom. The van der Waals surface area contributed by atoms with Gasteiger partial charge in [-0.25, -0.2) is 4.39 Å². The smallest absolute Gasteiger partial charge is 0.248 e. The van der Waals surface area contributed by atoms with Crippen molar-refractivity contribution < 1.29 is 9.18 Å². The zero-order valence-electron chi connectivity index (χ0n) is 12.2. The second-order valence-corrected chi connectivity index (χ2v) is 4.84. The molecule has 1 N–H and O–H groups in total. The van der Waals surface area contributed by atoms with Crippen molar-refractivity contribution in [3.8, 4) is 0 Å². The van der Waals surface area contributed by atoms with Crippen molar-refractivity contribution >= 4 is 17.7 Å². The van der Waals surface area contributed by atoms with Crippen LogP contribution in [0.25, 0.3) is 6.08 Å². The minimum absolute atomic E-state index is 0.191. The van der Waals surface area contributed by atoms with Gasteiger partial charge in [0.15, 0.2) is 0 Å². The number of para-hydroxylation sites is 1. The van der Waals surface area contributed by atoms with Crippen LogP contribution in [0.2, 0.25) is 0 Å². The lowest BCUT2D eigenvalue weighted by atomic mass is 10.1. The van der Waals surface area contributed by atoms with Crippen LogP contribution in [0, 0.1) is 12.7 Å². The minimum Gasteiger partial charge on any atom is -0.322 e. The van der Waals surface area contributed by atoms with E-state index in [1.54, 1.807) is 18.2 Å². The average molecular weight is 283 g/mol. The van der Waals surface area contributed by atoms with E-state index in [0.29, 0.717) is 0 Å². The van der Waals surface area contributed by atoms with Crippen molar-refractivity contribution in [1.82, 2.24) is 0 Å². The number of benzene rings is 2. The topological polar surface area (TPSA) is 29.1 Å². The summed E-state index contributed by atoms with van der Waals surface area (Å²) in [4.78, 5) is 12.0. The van der Waals surface area contributed by atoms with Crippen LogP contribution in [-0.2, 0) is 11.2 Å². The molecule has 1 amide bonds. The number of carbonyl (C=O) groups excluding carboxylic acids is 1. The van der Waals surface area contributed by atoms with Crippen LogP contribution in [-0.4, -0.2) is 5.91 Å². The van der Waals surface area contributed by atoms with Crippen molar-refractivity contribution in [3.63, 3.8) is 0 Å². The Bertz CT molecular complexity index is 659. The fourth-order valence-corrected chi connectivity index (χ4v) is 2.11. The van der Waals surface area contributed by atoms with Crippen LogP contribution >= 0.6 is 0 Å². The van der Waals surface area contributed by atoms with Crippen molar-refractivity contribution in [3.05, 3.63) is 71.0 Å². The number of halogens is 1. The largest absolute Gasteiger partial charge is 0.322 e. The molecule has 0 spiro atoms. The zero-order chi connectivity index (χ0) is 15.2. The SMILES string of the molecule is CCc1cccc(C)c1NC(=O)C=Cc1ccc(F)cc1. The lowest BCUT2D eigenvalue weighted by molar-refractivity contribution is -0.111. The van der Waals surface area contributed by atoms with E-state index in [1.807, 2.05) is 25.1 Å². The molecule has 0 unspecified atom stereocenters. The van der Waals surface area contributed by atoms with Crippen molar-refractivity contribution in [2.45, 2.75) is 20.3 Å². The molecule has 0 bridgehead atoms. The van der Waals surface area contributed by atoms with Gasteiger partial charge in [0.05, 0.1) is 0 Å². The minimum atomic E-state index is -0.288. The zero-order valence-corrected chi connectivity index (χ0v) is 12.2. The van der Waals surface area contributed by atoms with Gasteiger partial charge >= 0.3 is 0 Å². The molecule has 108 valence electrons. The summed E-state index contributed by atoms with van der Waals surface area (Å²) in [5.41, 5.74) is 3.80. The predicted octanol–water partition coefficient (Wildman–Crippen LogP) is 4.35. The summed E-state index contributed by atoms with van der Waals surface area (Å²) in [6.07, 6.45) is 3.98. The van der Waals surface area contributed by atoms with E-state index in [4.69, 9.17) is 0 Å². The molecule has 21 heavy (non-hydrogen) atoms. The van der Waals surface area contributed by atoms with E-state index >= 15 is 0 Å². The first kappa shape index (κ1) is 15.0. The molecule has 0 aliphatic carbocycles. The molecule has 2 aromatic carbocycles. The number of rotatable bonds is 4. The molecule has 0 saturated heterocycles. The molecule has 2 rings (SSSR count). The Kier molecular flexibility index (Phi) is 4.88. The number of amides is 1. The van der Waals surface area contributed by atoms with Gasteiger partial charge in [0.2, 0.25) is 5.91 Å². The molecule has 0 atom stereocenters. The standard InChI is InChI=1S/C18H18FNO/c1-3-15-6-4-5-13(2)18(15)20-17(21)12-9-14-7-10-16(19)11-8-14/h4-12H,3H2,1-2H3,(H,20,21). The highest BCUT2D eigenvalue weighted by molar-refractivity contribution is 6.02. The third kappa shape index (κ3) is 4.02. The van der Waals surface area contributed by atoms with E-state index in [2.05, 4.69) is 12.2 Å². The molecule has 0 radical (unpaired) electrons. The van der Waals surface area contributed by atoms with Crippen molar-refractivity contribution in [1.29, 1.82) is 0 Å². The summed E-state index contributed by atoms with van der Waals surface area (Å²) in [6, 6.07) is 12.0. The summed E-state index contributed by atoms with van der Waals surface area (Å²) < 4.78 is 12.8. The highest BCUT2D eigenvalue weighted by Gasteiger charge is 2.06. The Morgan fingerprint density at radius 2 is 1.90 bits per heavy atom. The number of hydrogen-bond donors (Lipinski definition) is 1. The van der Waals surface area contributed by atoms with Gasteiger partial charge in [-0.15, -0.1) is 0 Å². The third-order valence-corrected chi connectivity index (χ3v) is 3.29. The summed E-state index contributed by atoms with van der Waals surface area (Å²) in [5, 5.41) is 2.91. The van der Waals surface area contributed by atoms with Crippen molar-refractivity contribution in [2.75, 3.05) is 5.32 Å². The molecular formula is C18H18FNO. The lowest BCUT2D eigenvalue weighted by Gasteiger charge is -2.11. The Morgan fingerprint density at radius 3 is 2.57 bits per heavy atom. The van der Waals surface area contributed by atoms with Gasteiger partial charge in [-0.2, -0.15) is 0 Å². The maximum absolute atomic E-state index is 12.8. The van der Waals surface area contributed by atoms with Gasteiger partial charge in [-0.1, -0.05) is 37.3 Å². The molecule has 0 saturated carbocycles.